The first kappa shape index (κ1) is 4.54. The van der Waals surface area contributed by atoms with Gasteiger partial charge in [-0.05, 0) is 11.9 Å². The number of hydrogen-bond acceptors (Lipinski definition) is 1. The van der Waals surface area contributed by atoms with E-state index in [1.807, 2.05) is 5.82 Å². The lowest BCUT2D eigenvalue weighted by Crippen LogP contribution is -2.21. The average molecular weight is 113 g/mol. The number of rotatable bonds is 1. The van der Waals surface area contributed by atoms with Crippen molar-refractivity contribution in [2.45, 2.75) is 0 Å². The standard InChI is InChI=1S/C4H4NOP/c5-4(6)3-1-2-7-3/h1-2H,(H2,5,6). The first-order valence-electron chi connectivity index (χ1n) is 1.85. The quantitative estimate of drug-likeness (QED) is 0.482. The highest BCUT2D eigenvalue weighted by atomic mass is 31.1. The fraction of sp³-hybridized carbons (Fsp3) is 0. The van der Waals surface area contributed by atoms with Crippen LogP contribution in [-0.4, -0.2) is 11.2 Å². The van der Waals surface area contributed by atoms with Crippen LogP contribution in [0, 0.1) is 0 Å². The molecule has 2 nitrogen and oxygen atoms in total. The Morgan fingerprint density at radius 3 is 2.43 bits per heavy atom. The Bertz CT molecular complexity index is 159. The maximum absolute atomic E-state index is 10.1. The Balaban J connectivity index is 2.60. The van der Waals surface area contributed by atoms with E-state index < -0.39 is 0 Å². The van der Waals surface area contributed by atoms with Gasteiger partial charge in [0.2, 0.25) is 0 Å². The van der Waals surface area contributed by atoms with Crippen molar-refractivity contribution in [1.82, 2.24) is 0 Å². The monoisotopic (exact) mass is 113 g/mol. The highest BCUT2D eigenvalue weighted by Gasteiger charge is 2.03. The largest absolute Gasteiger partial charge is 0.365 e. The number of carbonyl (C=O) groups is 1. The Morgan fingerprint density at radius 1 is 1.86 bits per heavy atom. The van der Waals surface area contributed by atoms with E-state index >= 15 is 0 Å². The van der Waals surface area contributed by atoms with Crippen LogP contribution >= 0.6 is 8.20 Å². The predicted molar refractivity (Wildman–Crippen MR) is 30.3 cm³/mol. The van der Waals surface area contributed by atoms with Crippen molar-refractivity contribution in [3.8, 4) is 0 Å². The van der Waals surface area contributed by atoms with E-state index in [1.165, 1.54) is 0 Å². The maximum atomic E-state index is 10.1. The molecule has 2 N–H and O–H groups in total. The van der Waals surface area contributed by atoms with Crippen molar-refractivity contribution >= 4 is 19.4 Å². The van der Waals surface area contributed by atoms with Crippen LogP contribution in [-0.2, 0) is 4.79 Å². The van der Waals surface area contributed by atoms with Gasteiger partial charge in [0.25, 0.3) is 5.91 Å². The molecule has 0 saturated heterocycles. The van der Waals surface area contributed by atoms with E-state index in [-0.39, 0.29) is 5.91 Å². The van der Waals surface area contributed by atoms with E-state index in [9.17, 15) is 4.79 Å². The molecule has 1 aliphatic rings. The zero-order chi connectivity index (χ0) is 5.28. The van der Waals surface area contributed by atoms with Crippen molar-refractivity contribution in [2.24, 2.45) is 5.73 Å². The molecule has 0 aliphatic carbocycles. The zero-order valence-electron chi connectivity index (χ0n) is 3.59. The number of primary amides is 1. The van der Waals surface area contributed by atoms with Gasteiger partial charge in [-0.1, -0.05) is 8.20 Å². The Labute approximate surface area is 42.8 Å². The van der Waals surface area contributed by atoms with E-state index in [1.54, 1.807) is 6.08 Å². The molecule has 0 aromatic carbocycles. The molecule has 0 aromatic rings. The summed E-state index contributed by atoms with van der Waals surface area (Å²) in [4.78, 5) is 10.1. The second kappa shape index (κ2) is 1.47. The molecule has 1 aliphatic heterocycles. The minimum Gasteiger partial charge on any atom is -0.365 e. The van der Waals surface area contributed by atoms with Gasteiger partial charge in [-0.2, -0.15) is 0 Å². The van der Waals surface area contributed by atoms with Crippen LogP contribution in [0.25, 0.3) is 0 Å². The van der Waals surface area contributed by atoms with Gasteiger partial charge >= 0.3 is 0 Å². The van der Waals surface area contributed by atoms with Crippen LogP contribution in [0.1, 0.15) is 0 Å². The molecule has 0 atom stereocenters. The first-order valence-corrected chi connectivity index (χ1v) is 2.81. The molecule has 1 amide bonds. The fourth-order valence-corrected chi connectivity index (χ4v) is 0.720. The summed E-state index contributed by atoms with van der Waals surface area (Å²) < 4.78 is 0. The molecule has 0 spiro atoms. The number of carbonyl (C=O) groups excluding carboxylic acids is 1. The minimum absolute atomic E-state index is 0.302. The van der Waals surface area contributed by atoms with Crippen LogP contribution in [0.2, 0.25) is 0 Å². The molecule has 0 saturated carbocycles. The van der Waals surface area contributed by atoms with Gasteiger partial charge in [-0.15, -0.1) is 0 Å². The van der Waals surface area contributed by atoms with Gasteiger partial charge in [-0.3, -0.25) is 4.79 Å². The van der Waals surface area contributed by atoms with Crippen molar-refractivity contribution in [3.63, 3.8) is 0 Å². The summed E-state index contributed by atoms with van der Waals surface area (Å²) in [6, 6.07) is 0. The SMILES string of the molecule is NC(=O)C1=PC=C1. The molecule has 1 rings (SSSR count). The van der Waals surface area contributed by atoms with Gasteiger partial charge in [0, 0.05) is 0 Å². The smallest absolute Gasteiger partial charge is 0.253 e. The van der Waals surface area contributed by atoms with Crippen molar-refractivity contribution in [1.29, 1.82) is 0 Å². The van der Waals surface area contributed by atoms with Gasteiger partial charge in [-0.25, -0.2) is 0 Å². The van der Waals surface area contributed by atoms with E-state index in [4.69, 9.17) is 5.73 Å². The molecule has 0 bridgehead atoms. The molecule has 0 radical (unpaired) electrons. The summed E-state index contributed by atoms with van der Waals surface area (Å²) in [6.07, 6.45) is 1.73. The van der Waals surface area contributed by atoms with Crippen LogP contribution < -0.4 is 5.73 Å². The van der Waals surface area contributed by atoms with Crippen LogP contribution in [0.3, 0.4) is 0 Å². The average Bonchev–Trinajstić information content (AvgIpc) is 1.23. The predicted octanol–water partition coefficient (Wildman–Crippen LogP) is 0.118. The molecular weight excluding hydrogens is 109 g/mol. The Morgan fingerprint density at radius 2 is 2.43 bits per heavy atom. The Kier molecular flexibility index (Phi) is 0.953. The molecule has 0 aromatic heterocycles. The lowest BCUT2D eigenvalue weighted by atomic mass is 10.4. The second-order valence-corrected chi connectivity index (χ2v) is 2.23. The molecule has 0 unspecified atom stereocenters. The first-order chi connectivity index (χ1) is 3.30. The minimum atomic E-state index is -0.302. The van der Waals surface area contributed by atoms with Gasteiger partial charge in [0.1, 0.15) is 0 Å². The van der Waals surface area contributed by atoms with Crippen molar-refractivity contribution < 1.29 is 4.79 Å². The van der Waals surface area contributed by atoms with Crippen LogP contribution in [0.4, 0.5) is 0 Å². The van der Waals surface area contributed by atoms with Gasteiger partial charge < -0.3 is 5.73 Å². The molecule has 36 valence electrons. The molecule has 7 heavy (non-hydrogen) atoms. The summed E-state index contributed by atoms with van der Waals surface area (Å²) in [5, 5.41) is 0.708. The lowest BCUT2D eigenvalue weighted by molar-refractivity contribution is -0.111. The topological polar surface area (TPSA) is 43.1 Å². The highest BCUT2D eigenvalue weighted by molar-refractivity contribution is 7.50. The number of hydrogen-bond donors (Lipinski definition) is 1. The third-order valence-electron chi connectivity index (χ3n) is 0.698. The lowest BCUT2D eigenvalue weighted by Gasteiger charge is -1.96. The second-order valence-electron chi connectivity index (χ2n) is 1.19. The van der Waals surface area contributed by atoms with E-state index in [0.717, 1.165) is 8.20 Å². The summed E-state index contributed by atoms with van der Waals surface area (Å²) in [5.74, 6) is 1.57. The number of amides is 1. The molecular formula is C4H4NOP. The van der Waals surface area contributed by atoms with Gasteiger partial charge in [0.15, 0.2) is 0 Å². The van der Waals surface area contributed by atoms with Crippen LogP contribution in [0.5, 0.6) is 0 Å². The third-order valence-corrected chi connectivity index (χ3v) is 1.64. The van der Waals surface area contributed by atoms with Crippen LogP contribution in [0.15, 0.2) is 11.9 Å². The molecule has 3 heteroatoms. The normalized spacial score (nSPS) is 17.4. The van der Waals surface area contributed by atoms with Gasteiger partial charge in [0.05, 0.1) is 5.29 Å². The maximum Gasteiger partial charge on any atom is 0.253 e. The van der Waals surface area contributed by atoms with E-state index in [0.29, 0.717) is 5.29 Å². The molecule has 1 heterocycles. The summed E-state index contributed by atoms with van der Waals surface area (Å²) >= 11 is 0. The summed E-state index contributed by atoms with van der Waals surface area (Å²) in [6.45, 7) is 0. The summed E-state index contributed by atoms with van der Waals surface area (Å²) in [5.41, 5.74) is 4.86. The summed E-state index contributed by atoms with van der Waals surface area (Å²) in [7, 11) is 0.965. The zero-order valence-corrected chi connectivity index (χ0v) is 4.48. The highest BCUT2D eigenvalue weighted by Crippen LogP contribution is 2.12. The third kappa shape index (κ3) is 0.699. The number of nitrogens with two attached hydrogens (primary N) is 1. The molecule has 0 fully saturated rings. The fourth-order valence-electron chi connectivity index (χ4n) is 0.295. The van der Waals surface area contributed by atoms with Crippen molar-refractivity contribution in [3.05, 3.63) is 11.9 Å². The Hall–Kier alpha value is -0.620. The van der Waals surface area contributed by atoms with Crippen molar-refractivity contribution in [2.75, 3.05) is 0 Å². The van der Waals surface area contributed by atoms with E-state index in [2.05, 4.69) is 0 Å².